The zero-order chi connectivity index (χ0) is 16.0. The number of nitrogens with one attached hydrogen (secondary N) is 1. The molecule has 0 aliphatic carbocycles. The van der Waals surface area contributed by atoms with Crippen molar-refractivity contribution in [1.29, 1.82) is 0 Å². The molecule has 0 saturated heterocycles. The lowest BCUT2D eigenvalue weighted by Gasteiger charge is -2.32. The average Bonchev–Trinajstić information content (AvgIpc) is 2.40. The second-order valence-corrected chi connectivity index (χ2v) is 6.90. The third-order valence-electron chi connectivity index (χ3n) is 3.24. The summed E-state index contributed by atoms with van der Waals surface area (Å²) in [6, 6.07) is 7.47. The van der Waals surface area contributed by atoms with Crippen LogP contribution >= 0.6 is 15.9 Å². The van der Waals surface area contributed by atoms with Gasteiger partial charge in [-0.25, -0.2) is 0 Å². The molecule has 1 rings (SSSR count). The number of rotatable bonds is 7. The highest BCUT2D eigenvalue weighted by atomic mass is 79.9. The Bertz CT molecular complexity index is 479. The summed E-state index contributed by atoms with van der Waals surface area (Å²) in [6.45, 7) is 8.33. The van der Waals surface area contributed by atoms with Crippen LogP contribution in [0.3, 0.4) is 0 Å². The van der Waals surface area contributed by atoms with E-state index in [0.29, 0.717) is 18.2 Å². The predicted molar refractivity (Wildman–Crippen MR) is 89.3 cm³/mol. The van der Waals surface area contributed by atoms with E-state index >= 15 is 0 Å². The van der Waals surface area contributed by atoms with Crippen LogP contribution in [-0.2, 0) is 4.79 Å². The van der Waals surface area contributed by atoms with Crippen molar-refractivity contribution in [3.05, 3.63) is 28.7 Å². The minimum absolute atomic E-state index is 0.153. The van der Waals surface area contributed by atoms with E-state index in [1.165, 1.54) is 0 Å². The van der Waals surface area contributed by atoms with E-state index in [9.17, 15) is 4.79 Å². The number of nitrogens with two attached hydrogens (primary N) is 1. The molecule has 5 heteroatoms. The molecule has 118 valence electrons. The topological polar surface area (TPSA) is 64.3 Å². The third kappa shape index (κ3) is 5.67. The standard InChI is InChI=1S/C16H25BrN2O2/c1-11(2)9-16(4,10-18)19-15(20)12(3)21-14-8-6-5-7-13(14)17/h5-8,11-12H,9-10,18H2,1-4H3,(H,19,20). The number of hydrogen-bond donors (Lipinski definition) is 2. The fourth-order valence-corrected chi connectivity index (χ4v) is 2.65. The maximum Gasteiger partial charge on any atom is 0.261 e. The van der Waals surface area contributed by atoms with Crippen molar-refractivity contribution < 1.29 is 9.53 Å². The maximum absolute atomic E-state index is 12.3. The van der Waals surface area contributed by atoms with Gasteiger partial charge in [-0.15, -0.1) is 0 Å². The van der Waals surface area contributed by atoms with Crippen LogP contribution in [0.4, 0.5) is 0 Å². The minimum atomic E-state index is -0.582. The van der Waals surface area contributed by atoms with Crippen LogP contribution in [0.5, 0.6) is 5.75 Å². The van der Waals surface area contributed by atoms with E-state index in [2.05, 4.69) is 35.1 Å². The summed E-state index contributed by atoms with van der Waals surface area (Å²) >= 11 is 3.40. The van der Waals surface area contributed by atoms with Crippen molar-refractivity contribution in [2.45, 2.75) is 45.8 Å². The average molecular weight is 357 g/mol. The number of carbonyl (C=O) groups excluding carboxylic acids is 1. The zero-order valence-electron chi connectivity index (χ0n) is 13.2. The molecule has 0 heterocycles. The van der Waals surface area contributed by atoms with Gasteiger partial charge in [-0.3, -0.25) is 4.79 Å². The number of ether oxygens (including phenoxy) is 1. The second kappa shape index (κ2) is 7.80. The molecule has 0 fully saturated rings. The van der Waals surface area contributed by atoms with Gasteiger partial charge < -0.3 is 15.8 Å². The van der Waals surface area contributed by atoms with Gasteiger partial charge >= 0.3 is 0 Å². The lowest BCUT2D eigenvalue weighted by molar-refractivity contribution is -0.129. The van der Waals surface area contributed by atoms with Crippen LogP contribution in [0.1, 0.15) is 34.1 Å². The molecule has 0 radical (unpaired) electrons. The van der Waals surface area contributed by atoms with Crippen molar-refractivity contribution in [3.8, 4) is 5.75 Å². The third-order valence-corrected chi connectivity index (χ3v) is 3.90. The first-order chi connectivity index (χ1) is 9.77. The molecule has 4 nitrogen and oxygen atoms in total. The van der Waals surface area contributed by atoms with Gasteiger partial charge in [0.25, 0.3) is 5.91 Å². The molecule has 0 aromatic heterocycles. The summed E-state index contributed by atoms with van der Waals surface area (Å²) in [5, 5.41) is 3.01. The first-order valence-electron chi connectivity index (χ1n) is 7.20. The predicted octanol–water partition coefficient (Wildman–Crippen LogP) is 3.10. The van der Waals surface area contributed by atoms with Gasteiger partial charge in [-0.2, -0.15) is 0 Å². The molecule has 21 heavy (non-hydrogen) atoms. The first-order valence-corrected chi connectivity index (χ1v) is 8.00. The van der Waals surface area contributed by atoms with Crippen LogP contribution in [-0.4, -0.2) is 24.1 Å². The minimum Gasteiger partial charge on any atom is -0.480 e. The quantitative estimate of drug-likeness (QED) is 0.788. The van der Waals surface area contributed by atoms with Crippen LogP contribution < -0.4 is 15.8 Å². The van der Waals surface area contributed by atoms with Crippen molar-refractivity contribution >= 4 is 21.8 Å². The first kappa shape index (κ1) is 18.0. The van der Waals surface area contributed by atoms with Crippen LogP contribution in [0.25, 0.3) is 0 Å². The van der Waals surface area contributed by atoms with E-state index in [4.69, 9.17) is 10.5 Å². The summed E-state index contributed by atoms with van der Waals surface area (Å²) in [5.74, 6) is 0.955. The van der Waals surface area contributed by atoms with Gasteiger partial charge in [0.1, 0.15) is 5.75 Å². The molecule has 1 aromatic carbocycles. The van der Waals surface area contributed by atoms with Crippen LogP contribution in [0, 0.1) is 5.92 Å². The summed E-state index contributed by atoms with van der Waals surface area (Å²) in [4.78, 5) is 12.3. The molecule has 0 bridgehead atoms. The smallest absolute Gasteiger partial charge is 0.261 e. The Morgan fingerprint density at radius 3 is 2.52 bits per heavy atom. The second-order valence-electron chi connectivity index (χ2n) is 6.04. The molecular formula is C16H25BrN2O2. The van der Waals surface area contributed by atoms with Crippen molar-refractivity contribution in [1.82, 2.24) is 5.32 Å². The van der Waals surface area contributed by atoms with Crippen molar-refractivity contribution in [2.75, 3.05) is 6.54 Å². The van der Waals surface area contributed by atoms with Crippen molar-refractivity contribution in [3.63, 3.8) is 0 Å². The van der Waals surface area contributed by atoms with Crippen LogP contribution in [0.2, 0.25) is 0 Å². The number of hydrogen-bond acceptors (Lipinski definition) is 3. The van der Waals surface area contributed by atoms with E-state index in [1.807, 2.05) is 31.2 Å². The Balaban J connectivity index is 2.68. The molecule has 2 atom stereocenters. The summed E-state index contributed by atoms with van der Waals surface area (Å²) in [6.07, 6.45) is 0.249. The zero-order valence-corrected chi connectivity index (χ0v) is 14.7. The fourth-order valence-electron chi connectivity index (χ4n) is 2.27. The number of halogens is 1. The summed E-state index contributed by atoms with van der Waals surface area (Å²) in [5.41, 5.74) is 5.41. The Hall–Kier alpha value is -1.07. The fraction of sp³-hybridized carbons (Fsp3) is 0.562. The molecule has 0 aliphatic rings. The van der Waals surface area contributed by atoms with Gasteiger partial charge in [0.2, 0.25) is 0 Å². The summed E-state index contributed by atoms with van der Waals surface area (Å²) in [7, 11) is 0. The summed E-state index contributed by atoms with van der Waals surface area (Å²) < 4.78 is 6.53. The van der Waals surface area contributed by atoms with E-state index in [0.717, 1.165) is 10.9 Å². The lowest BCUT2D eigenvalue weighted by atomic mass is 9.90. The van der Waals surface area contributed by atoms with Crippen molar-refractivity contribution in [2.24, 2.45) is 11.7 Å². The largest absolute Gasteiger partial charge is 0.480 e. The molecule has 0 spiro atoms. The van der Waals surface area contributed by atoms with Gasteiger partial charge in [-0.1, -0.05) is 26.0 Å². The highest BCUT2D eigenvalue weighted by Crippen LogP contribution is 2.25. The normalized spacial score (nSPS) is 15.4. The highest BCUT2D eigenvalue weighted by Gasteiger charge is 2.28. The Labute approximate surface area is 135 Å². The number of carbonyl (C=O) groups is 1. The molecule has 2 unspecified atom stereocenters. The van der Waals surface area contributed by atoms with Crippen LogP contribution in [0.15, 0.2) is 28.7 Å². The van der Waals surface area contributed by atoms with E-state index in [-0.39, 0.29) is 5.91 Å². The molecular weight excluding hydrogens is 332 g/mol. The number of amides is 1. The Morgan fingerprint density at radius 2 is 2.00 bits per heavy atom. The van der Waals surface area contributed by atoms with Gasteiger partial charge in [0.15, 0.2) is 6.10 Å². The maximum atomic E-state index is 12.3. The Morgan fingerprint density at radius 1 is 1.38 bits per heavy atom. The SMILES string of the molecule is CC(C)CC(C)(CN)NC(=O)C(C)Oc1ccccc1Br. The van der Waals surface area contributed by atoms with Gasteiger partial charge in [-0.05, 0) is 54.2 Å². The number of benzene rings is 1. The van der Waals surface area contributed by atoms with Gasteiger partial charge in [0.05, 0.1) is 4.47 Å². The number of para-hydroxylation sites is 1. The monoisotopic (exact) mass is 356 g/mol. The molecule has 1 amide bonds. The van der Waals surface area contributed by atoms with E-state index in [1.54, 1.807) is 6.92 Å². The van der Waals surface area contributed by atoms with E-state index < -0.39 is 11.6 Å². The molecule has 0 aliphatic heterocycles. The Kier molecular flexibility index (Phi) is 6.68. The highest BCUT2D eigenvalue weighted by molar-refractivity contribution is 9.10. The molecule has 1 aromatic rings. The molecule has 3 N–H and O–H groups in total. The lowest BCUT2D eigenvalue weighted by Crippen LogP contribution is -2.55. The van der Waals surface area contributed by atoms with Gasteiger partial charge in [0, 0.05) is 12.1 Å². The molecule has 0 saturated carbocycles.